The molecule has 2 amide bonds. The van der Waals surface area contributed by atoms with E-state index in [-0.39, 0.29) is 23.3 Å². The van der Waals surface area contributed by atoms with Gasteiger partial charge < -0.3 is 15.2 Å². The zero-order chi connectivity index (χ0) is 19.7. The van der Waals surface area contributed by atoms with Crippen LogP contribution in [0.5, 0.6) is 0 Å². The van der Waals surface area contributed by atoms with Crippen LogP contribution >= 0.6 is 0 Å². The summed E-state index contributed by atoms with van der Waals surface area (Å²) < 4.78 is 5.38. The molecule has 0 aromatic rings. The van der Waals surface area contributed by atoms with Crippen LogP contribution in [0.15, 0.2) is 12.7 Å². The monoisotopic (exact) mass is 366 g/mol. The number of hydrogen-bond acceptors (Lipinski definition) is 4. The second kappa shape index (κ2) is 7.29. The number of ether oxygens (including phenoxy) is 1. The van der Waals surface area contributed by atoms with Crippen LogP contribution in [-0.2, 0) is 14.3 Å². The number of carbonyl (C=O) groups is 3. The van der Waals surface area contributed by atoms with E-state index in [1.54, 1.807) is 26.8 Å². The molecule has 2 aliphatic rings. The highest BCUT2D eigenvalue weighted by atomic mass is 16.6. The fourth-order valence-electron chi connectivity index (χ4n) is 3.61. The summed E-state index contributed by atoms with van der Waals surface area (Å²) in [4.78, 5) is 37.6. The molecule has 2 rings (SSSR count). The minimum Gasteiger partial charge on any atom is -0.480 e. The predicted molar refractivity (Wildman–Crippen MR) is 96.6 cm³/mol. The lowest BCUT2D eigenvalue weighted by Crippen LogP contribution is -2.45. The number of carbonyl (C=O) groups excluding carboxylic acids is 2. The number of fused-ring (bicyclic) bond motifs is 1. The van der Waals surface area contributed by atoms with Crippen LogP contribution in [0.2, 0.25) is 0 Å². The van der Waals surface area contributed by atoms with Crippen molar-refractivity contribution in [2.75, 3.05) is 6.54 Å². The van der Waals surface area contributed by atoms with Gasteiger partial charge in [0.2, 0.25) is 5.91 Å². The van der Waals surface area contributed by atoms with Gasteiger partial charge in [-0.1, -0.05) is 13.0 Å². The van der Waals surface area contributed by atoms with Gasteiger partial charge in [0.1, 0.15) is 11.6 Å². The zero-order valence-corrected chi connectivity index (χ0v) is 16.1. The third-order valence-electron chi connectivity index (χ3n) is 5.17. The molecule has 0 unspecified atom stereocenters. The Morgan fingerprint density at radius 2 is 2.04 bits per heavy atom. The summed E-state index contributed by atoms with van der Waals surface area (Å²) in [6, 6.07) is -1.10. The maximum Gasteiger partial charge on any atom is 0.411 e. The molecule has 7 nitrogen and oxygen atoms in total. The van der Waals surface area contributed by atoms with Crippen LogP contribution in [0.1, 0.15) is 53.4 Å². The Labute approximate surface area is 154 Å². The van der Waals surface area contributed by atoms with Gasteiger partial charge in [0.25, 0.3) is 0 Å². The molecule has 2 N–H and O–H groups in total. The van der Waals surface area contributed by atoms with Gasteiger partial charge in [-0.25, -0.2) is 9.59 Å². The number of amides is 2. The Morgan fingerprint density at radius 3 is 2.58 bits per heavy atom. The maximum atomic E-state index is 12.5. The average Bonchev–Trinajstić information content (AvgIpc) is 3.12. The third-order valence-corrected chi connectivity index (χ3v) is 5.17. The van der Waals surface area contributed by atoms with Crippen LogP contribution in [-0.4, -0.2) is 52.2 Å². The lowest BCUT2D eigenvalue weighted by molar-refractivity contribution is -0.142. The number of aliphatic carboxylic acids is 1. The molecule has 1 aliphatic heterocycles. The maximum absolute atomic E-state index is 12.5. The largest absolute Gasteiger partial charge is 0.480 e. The lowest BCUT2D eigenvalue weighted by Gasteiger charge is -2.28. The summed E-state index contributed by atoms with van der Waals surface area (Å²) in [5.41, 5.74) is -1.04. The van der Waals surface area contributed by atoms with Crippen molar-refractivity contribution in [3.8, 4) is 0 Å². The summed E-state index contributed by atoms with van der Waals surface area (Å²) in [6.45, 7) is 11.2. The second-order valence-corrected chi connectivity index (χ2v) is 8.51. The summed E-state index contributed by atoms with van der Waals surface area (Å²) in [5.74, 6) is -1.21. The average molecular weight is 366 g/mol. The van der Waals surface area contributed by atoms with E-state index in [1.165, 1.54) is 4.90 Å². The molecule has 1 aliphatic carbocycles. The molecule has 0 bridgehead atoms. The van der Waals surface area contributed by atoms with Crippen molar-refractivity contribution in [2.45, 2.75) is 71.1 Å². The Hall–Kier alpha value is -2.05. The molecular formula is C19H30N2O5. The molecule has 1 heterocycles. The Balaban J connectivity index is 2.00. The van der Waals surface area contributed by atoms with E-state index in [9.17, 15) is 19.5 Å². The van der Waals surface area contributed by atoms with Crippen LogP contribution in [0.4, 0.5) is 4.79 Å². The normalized spacial score (nSPS) is 28.1. The minimum absolute atomic E-state index is 0.0468. The molecule has 4 atom stereocenters. The lowest BCUT2D eigenvalue weighted by atomic mass is 9.98. The molecule has 1 saturated heterocycles. The van der Waals surface area contributed by atoms with Gasteiger partial charge in [-0.2, -0.15) is 0 Å². The molecule has 26 heavy (non-hydrogen) atoms. The third kappa shape index (κ3) is 4.37. The van der Waals surface area contributed by atoms with Crippen molar-refractivity contribution >= 4 is 18.0 Å². The zero-order valence-electron chi connectivity index (χ0n) is 16.1. The first-order valence-corrected chi connectivity index (χ1v) is 9.13. The molecule has 0 aromatic carbocycles. The van der Waals surface area contributed by atoms with Crippen molar-refractivity contribution < 1.29 is 24.2 Å². The fraction of sp³-hybridized carbons (Fsp3) is 0.737. The minimum atomic E-state index is -1.03. The molecule has 1 saturated carbocycles. The number of carboxylic acid groups (broad SMARTS) is 1. The molecule has 2 fully saturated rings. The van der Waals surface area contributed by atoms with Gasteiger partial charge in [-0.05, 0) is 46.5 Å². The number of likely N-dealkylation sites (tertiary alicyclic amines) is 1. The fourth-order valence-corrected chi connectivity index (χ4v) is 3.61. The summed E-state index contributed by atoms with van der Waals surface area (Å²) in [6.07, 6.45) is 3.72. The van der Waals surface area contributed by atoms with E-state index in [0.717, 1.165) is 12.8 Å². The van der Waals surface area contributed by atoms with Crippen LogP contribution in [0.3, 0.4) is 0 Å². The number of allylic oxidation sites excluding steroid dienone is 1. The molecular weight excluding hydrogens is 336 g/mol. The van der Waals surface area contributed by atoms with Crippen molar-refractivity contribution in [3.05, 3.63) is 12.7 Å². The number of nitrogens with zero attached hydrogens (tertiary/aromatic N) is 1. The number of nitrogens with one attached hydrogen (secondary N) is 1. The van der Waals surface area contributed by atoms with Crippen LogP contribution in [0, 0.1) is 11.3 Å². The van der Waals surface area contributed by atoms with Gasteiger partial charge in [0, 0.05) is 23.9 Å². The standard InChI is InChI=1S/C19H30N2O5/c1-6-7-8-12(2)15(22)20-11-19-9-13(16(23)24)21(14(19)10-19)17(25)26-18(3,4)5/h6,12-14H,1,7-11H2,2-5H3,(H,20,22)(H,23,24)/t12-,13+,14-,19+/m1/s1. The Kier molecular flexibility index (Phi) is 5.68. The molecule has 146 valence electrons. The Bertz CT molecular complexity index is 597. The van der Waals surface area contributed by atoms with Gasteiger partial charge in [0.05, 0.1) is 0 Å². The first-order valence-electron chi connectivity index (χ1n) is 9.13. The first kappa shape index (κ1) is 20.3. The Morgan fingerprint density at radius 1 is 1.38 bits per heavy atom. The van der Waals surface area contributed by atoms with Crippen molar-refractivity contribution in [1.29, 1.82) is 0 Å². The SMILES string of the molecule is C=CCC[C@@H](C)C(=O)NC[C@@]12C[C@@H](C(=O)O)N(C(=O)OC(C)(C)C)[C@@H]1C2. The van der Waals surface area contributed by atoms with Crippen LogP contribution < -0.4 is 5.32 Å². The number of rotatable bonds is 7. The molecule has 0 radical (unpaired) electrons. The van der Waals surface area contributed by atoms with E-state index in [4.69, 9.17) is 4.74 Å². The number of carboxylic acids is 1. The topological polar surface area (TPSA) is 95.9 Å². The van der Waals surface area contributed by atoms with Gasteiger partial charge in [-0.3, -0.25) is 9.69 Å². The van der Waals surface area contributed by atoms with Crippen molar-refractivity contribution in [1.82, 2.24) is 10.2 Å². The van der Waals surface area contributed by atoms with Gasteiger partial charge in [0.15, 0.2) is 0 Å². The van der Waals surface area contributed by atoms with Crippen molar-refractivity contribution in [3.63, 3.8) is 0 Å². The van der Waals surface area contributed by atoms with E-state index in [1.807, 2.05) is 6.92 Å². The summed E-state index contributed by atoms with van der Waals surface area (Å²) in [5, 5.41) is 12.4. The highest BCUT2D eigenvalue weighted by Crippen LogP contribution is 2.59. The first-order chi connectivity index (χ1) is 12.0. The van der Waals surface area contributed by atoms with Crippen molar-refractivity contribution in [2.24, 2.45) is 11.3 Å². The van der Waals surface area contributed by atoms with E-state index >= 15 is 0 Å². The summed E-state index contributed by atoms with van der Waals surface area (Å²) >= 11 is 0. The smallest absolute Gasteiger partial charge is 0.411 e. The van der Waals surface area contributed by atoms with Crippen LogP contribution in [0.25, 0.3) is 0 Å². The quantitative estimate of drug-likeness (QED) is 0.675. The van der Waals surface area contributed by atoms with E-state index in [2.05, 4.69) is 11.9 Å². The van der Waals surface area contributed by atoms with Gasteiger partial charge in [-0.15, -0.1) is 6.58 Å². The van der Waals surface area contributed by atoms with Gasteiger partial charge >= 0.3 is 12.1 Å². The second-order valence-electron chi connectivity index (χ2n) is 8.51. The highest BCUT2D eigenvalue weighted by Gasteiger charge is 2.68. The molecule has 7 heteroatoms. The summed E-state index contributed by atoms with van der Waals surface area (Å²) in [7, 11) is 0. The number of piperidine rings is 1. The van der Waals surface area contributed by atoms with E-state index < -0.39 is 23.7 Å². The molecule has 0 aromatic heterocycles. The highest BCUT2D eigenvalue weighted by molar-refractivity contribution is 5.83. The van der Waals surface area contributed by atoms with E-state index in [0.29, 0.717) is 19.4 Å². The number of hydrogen-bond donors (Lipinski definition) is 2. The predicted octanol–water partition coefficient (Wildman–Crippen LogP) is 2.56. The molecule has 0 spiro atoms.